The Labute approximate surface area is 176 Å². The summed E-state index contributed by atoms with van der Waals surface area (Å²) in [6.45, 7) is 6.60. The van der Waals surface area contributed by atoms with Gasteiger partial charge in [-0.2, -0.15) is 24.9 Å². The van der Waals surface area contributed by atoms with E-state index in [4.69, 9.17) is 0 Å². The second-order valence-corrected chi connectivity index (χ2v) is 8.06. The number of rotatable bonds is 11. The van der Waals surface area contributed by atoms with Gasteiger partial charge in [0, 0.05) is 12.5 Å². The molecule has 29 heavy (non-hydrogen) atoms. The van der Waals surface area contributed by atoms with Gasteiger partial charge in [-0.25, -0.2) is 0 Å². The number of hydrogen-bond acceptors (Lipinski definition) is 2. The molecule has 0 aliphatic rings. The first-order valence-electron chi connectivity index (χ1n) is 10.0. The third-order valence-electron chi connectivity index (χ3n) is 5.19. The van der Waals surface area contributed by atoms with Gasteiger partial charge >= 0.3 is 6.18 Å². The van der Waals surface area contributed by atoms with Crippen LogP contribution >= 0.6 is 11.8 Å². The SMILES string of the molecule is C=CNCCc1c(CCCSC)cccc1C(CC)c1ccc(C(F)(F)F)cc1. The molecule has 0 saturated carbocycles. The van der Waals surface area contributed by atoms with Gasteiger partial charge in [0.05, 0.1) is 5.56 Å². The number of halogens is 3. The maximum absolute atomic E-state index is 12.9. The summed E-state index contributed by atoms with van der Waals surface area (Å²) in [7, 11) is 0. The van der Waals surface area contributed by atoms with Crippen LogP contribution in [0.2, 0.25) is 0 Å². The molecule has 1 atom stereocenters. The molecule has 0 fully saturated rings. The zero-order chi connectivity index (χ0) is 21.3. The summed E-state index contributed by atoms with van der Waals surface area (Å²) in [6, 6.07) is 12.0. The van der Waals surface area contributed by atoms with Crippen molar-refractivity contribution in [1.29, 1.82) is 0 Å². The Morgan fingerprint density at radius 3 is 2.41 bits per heavy atom. The minimum Gasteiger partial charge on any atom is -0.391 e. The maximum Gasteiger partial charge on any atom is 0.416 e. The normalized spacial score (nSPS) is 12.6. The second kappa shape index (κ2) is 11.3. The van der Waals surface area contributed by atoms with Crippen LogP contribution in [0.25, 0.3) is 0 Å². The average molecular weight is 422 g/mol. The highest BCUT2D eigenvalue weighted by atomic mass is 32.2. The van der Waals surface area contributed by atoms with Crippen molar-refractivity contribution in [2.75, 3.05) is 18.6 Å². The van der Waals surface area contributed by atoms with Crippen LogP contribution in [-0.2, 0) is 19.0 Å². The fraction of sp³-hybridized carbons (Fsp3) is 0.417. The van der Waals surface area contributed by atoms with Gasteiger partial charge < -0.3 is 5.32 Å². The van der Waals surface area contributed by atoms with Crippen LogP contribution in [0.4, 0.5) is 13.2 Å². The number of alkyl halides is 3. The fourth-order valence-corrected chi connectivity index (χ4v) is 4.20. The van der Waals surface area contributed by atoms with Crippen LogP contribution in [0.15, 0.2) is 55.2 Å². The Balaban J connectivity index is 2.39. The summed E-state index contributed by atoms with van der Waals surface area (Å²) in [5.74, 6) is 1.20. The molecule has 2 aromatic carbocycles. The monoisotopic (exact) mass is 421 g/mol. The topological polar surface area (TPSA) is 12.0 Å². The van der Waals surface area contributed by atoms with E-state index in [0.29, 0.717) is 0 Å². The van der Waals surface area contributed by atoms with E-state index >= 15 is 0 Å². The van der Waals surface area contributed by atoms with Crippen molar-refractivity contribution in [2.45, 2.75) is 44.7 Å². The standard InChI is InChI=1S/C24H30F3NS/c1-4-21(19-11-13-20(14-12-19)24(25,26)27)23-10-6-8-18(9-7-17-29-3)22(23)15-16-28-5-2/h5-6,8,10-14,21,28H,2,4,7,9,15-17H2,1,3H3. The van der Waals surface area contributed by atoms with Gasteiger partial charge in [-0.1, -0.05) is 43.8 Å². The maximum atomic E-state index is 12.9. The molecule has 0 aliphatic carbocycles. The minimum absolute atomic E-state index is 0.0801. The molecule has 2 aromatic rings. The molecule has 158 valence electrons. The molecule has 1 unspecified atom stereocenters. The van der Waals surface area contributed by atoms with Crippen LogP contribution in [0, 0.1) is 0 Å². The predicted molar refractivity (Wildman–Crippen MR) is 119 cm³/mol. The van der Waals surface area contributed by atoms with Crippen molar-refractivity contribution >= 4 is 11.8 Å². The first kappa shape index (κ1) is 23.4. The molecule has 1 N–H and O–H groups in total. The van der Waals surface area contributed by atoms with Crippen LogP contribution in [0.5, 0.6) is 0 Å². The van der Waals surface area contributed by atoms with Crippen molar-refractivity contribution in [3.05, 3.63) is 83.1 Å². The van der Waals surface area contributed by atoms with Gasteiger partial charge in [0.25, 0.3) is 0 Å². The Morgan fingerprint density at radius 1 is 1.10 bits per heavy atom. The largest absolute Gasteiger partial charge is 0.416 e. The van der Waals surface area contributed by atoms with Gasteiger partial charge in [0.15, 0.2) is 0 Å². The van der Waals surface area contributed by atoms with E-state index in [1.165, 1.54) is 28.8 Å². The highest BCUT2D eigenvalue weighted by Gasteiger charge is 2.30. The number of aryl methyl sites for hydroxylation is 1. The molecular formula is C24H30F3NS. The molecule has 2 rings (SSSR count). The lowest BCUT2D eigenvalue weighted by Crippen LogP contribution is -2.14. The van der Waals surface area contributed by atoms with E-state index < -0.39 is 11.7 Å². The molecule has 0 radical (unpaired) electrons. The molecular weight excluding hydrogens is 391 g/mol. The van der Waals surface area contributed by atoms with Crippen molar-refractivity contribution in [3.8, 4) is 0 Å². The Bertz CT molecular complexity index is 769. The predicted octanol–water partition coefficient (Wildman–Crippen LogP) is 6.82. The Kier molecular flexibility index (Phi) is 9.15. The summed E-state index contributed by atoms with van der Waals surface area (Å²) in [5.41, 5.74) is 4.21. The third-order valence-corrected chi connectivity index (χ3v) is 5.89. The van der Waals surface area contributed by atoms with Crippen molar-refractivity contribution in [1.82, 2.24) is 5.32 Å². The van der Waals surface area contributed by atoms with Crippen LogP contribution in [0.3, 0.4) is 0 Å². The van der Waals surface area contributed by atoms with Gasteiger partial charge in [-0.3, -0.25) is 0 Å². The number of nitrogens with one attached hydrogen (secondary N) is 1. The zero-order valence-corrected chi connectivity index (χ0v) is 18.0. The Hall–Kier alpha value is -1.88. The number of thioether (sulfide) groups is 1. The second-order valence-electron chi connectivity index (χ2n) is 7.07. The fourth-order valence-electron chi connectivity index (χ4n) is 3.77. The molecule has 0 saturated heterocycles. The van der Waals surface area contributed by atoms with Crippen molar-refractivity contribution in [3.63, 3.8) is 0 Å². The van der Waals surface area contributed by atoms with Crippen LogP contribution < -0.4 is 5.32 Å². The molecule has 0 aliphatic heterocycles. The molecule has 0 heterocycles. The summed E-state index contributed by atoms with van der Waals surface area (Å²) in [6.07, 6.45) is 3.34. The first-order valence-corrected chi connectivity index (χ1v) is 11.4. The van der Waals surface area contributed by atoms with E-state index in [1.807, 2.05) is 11.8 Å². The summed E-state index contributed by atoms with van der Waals surface area (Å²) in [4.78, 5) is 0. The third kappa shape index (κ3) is 6.56. The molecule has 0 aromatic heterocycles. The average Bonchev–Trinajstić information content (AvgIpc) is 2.70. The van der Waals surface area contributed by atoms with Crippen molar-refractivity contribution < 1.29 is 13.2 Å². The quantitative estimate of drug-likeness (QED) is 0.400. The van der Waals surface area contributed by atoms with Crippen LogP contribution in [-0.4, -0.2) is 18.6 Å². The highest BCUT2D eigenvalue weighted by molar-refractivity contribution is 7.98. The molecule has 0 spiro atoms. The van der Waals surface area contributed by atoms with E-state index in [2.05, 4.69) is 43.3 Å². The van der Waals surface area contributed by atoms with E-state index in [-0.39, 0.29) is 5.92 Å². The zero-order valence-electron chi connectivity index (χ0n) is 17.2. The van der Waals surface area contributed by atoms with Gasteiger partial charge in [0.1, 0.15) is 0 Å². The highest BCUT2D eigenvalue weighted by Crippen LogP contribution is 2.35. The summed E-state index contributed by atoms with van der Waals surface area (Å²) in [5, 5.41) is 3.17. The smallest absolute Gasteiger partial charge is 0.391 e. The van der Waals surface area contributed by atoms with Gasteiger partial charge in [-0.15, -0.1) is 0 Å². The number of benzene rings is 2. The molecule has 1 nitrogen and oxygen atoms in total. The number of hydrogen-bond donors (Lipinski definition) is 1. The summed E-state index contributed by atoms with van der Waals surface area (Å²) >= 11 is 1.85. The summed E-state index contributed by atoms with van der Waals surface area (Å²) < 4.78 is 38.8. The first-order chi connectivity index (χ1) is 13.9. The minimum atomic E-state index is -4.31. The lowest BCUT2D eigenvalue weighted by atomic mass is 9.82. The van der Waals surface area contributed by atoms with E-state index in [9.17, 15) is 13.2 Å². The van der Waals surface area contributed by atoms with Crippen molar-refractivity contribution in [2.24, 2.45) is 0 Å². The molecule has 0 bridgehead atoms. The molecule has 5 heteroatoms. The van der Waals surface area contributed by atoms with Gasteiger partial charge in [-0.05, 0) is 78.3 Å². The van der Waals surface area contributed by atoms with Gasteiger partial charge in [0.2, 0.25) is 0 Å². The lowest BCUT2D eigenvalue weighted by Gasteiger charge is -2.23. The van der Waals surface area contributed by atoms with E-state index in [1.54, 1.807) is 18.3 Å². The lowest BCUT2D eigenvalue weighted by molar-refractivity contribution is -0.137. The van der Waals surface area contributed by atoms with Crippen LogP contribution in [0.1, 0.15) is 53.5 Å². The van der Waals surface area contributed by atoms with E-state index in [0.717, 1.165) is 43.5 Å². The molecule has 0 amide bonds. The Morgan fingerprint density at radius 2 is 1.83 bits per heavy atom.